The molecule has 1 aliphatic rings. The maximum atomic E-state index is 13.5. The Hall–Kier alpha value is -2.41. The first-order valence-electron chi connectivity index (χ1n) is 8.45. The first-order chi connectivity index (χ1) is 12.8. The van der Waals surface area contributed by atoms with E-state index in [1.54, 1.807) is 24.3 Å². The molecule has 0 amide bonds. The standard InChI is InChI=1S/C19H19ClF3N3O/c20-14-6-4-13(5-7-14)17(19(21,22)23)25-15-8-1-12(2-9-15)3-10-16-11-27-18(24)26-16/h1-2,4-9,16-17,25H,3,10-11H2,(H2,24,26)/t16?,17-/m1/s1. The van der Waals surface area contributed by atoms with Crippen LogP contribution in [0.1, 0.15) is 23.6 Å². The second-order valence-corrected chi connectivity index (χ2v) is 6.77. The van der Waals surface area contributed by atoms with Crippen LogP contribution in [0.5, 0.6) is 0 Å². The molecule has 3 rings (SSSR count). The third-order valence-corrected chi connectivity index (χ3v) is 4.55. The number of hydrogen-bond donors (Lipinski definition) is 2. The molecule has 0 spiro atoms. The van der Waals surface area contributed by atoms with Gasteiger partial charge in [-0.25, -0.2) is 4.99 Å². The minimum absolute atomic E-state index is 0.0299. The molecule has 2 aromatic rings. The van der Waals surface area contributed by atoms with E-state index in [2.05, 4.69) is 10.3 Å². The molecule has 4 nitrogen and oxygen atoms in total. The van der Waals surface area contributed by atoms with Crippen molar-refractivity contribution in [3.8, 4) is 0 Å². The zero-order valence-electron chi connectivity index (χ0n) is 14.3. The summed E-state index contributed by atoms with van der Waals surface area (Å²) >= 11 is 5.77. The number of hydrogen-bond acceptors (Lipinski definition) is 4. The maximum Gasteiger partial charge on any atom is 0.412 e. The van der Waals surface area contributed by atoms with E-state index in [4.69, 9.17) is 22.1 Å². The first kappa shape index (κ1) is 19.4. The number of nitrogens with two attached hydrogens (primary N) is 1. The van der Waals surface area contributed by atoms with E-state index in [1.165, 1.54) is 24.3 Å². The molecule has 0 fully saturated rings. The molecule has 0 radical (unpaired) electrons. The highest BCUT2D eigenvalue weighted by molar-refractivity contribution is 6.30. The fourth-order valence-corrected chi connectivity index (χ4v) is 2.99. The van der Waals surface area contributed by atoms with Gasteiger partial charge in [0, 0.05) is 10.7 Å². The van der Waals surface area contributed by atoms with Gasteiger partial charge in [-0.3, -0.25) is 0 Å². The van der Waals surface area contributed by atoms with Gasteiger partial charge in [-0.2, -0.15) is 13.2 Å². The highest BCUT2D eigenvalue weighted by atomic mass is 35.5. The molecule has 0 aliphatic carbocycles. The summed E-state index contributed by atoms with van der Waals surface area (Å²) in [6.07, 6.45) is -2.93. The van der Waals surface area contributed by atoms with Gasteiger partial charge in [0.2, 0.25) is 0 Å². The van der Waals surface area contributed by atoms with Crippen LogP contribution in [0.15, 0.2) is 53.5 Å². The molecule has 0 aromatic heterocycles. The number of amidine groups is 1. The van der Waals surface area contributed by atoms with E-state index < -0.39 is 12.2 Å². The number of aryl methyl sites for hydroxylation is 1. The lowest BCUT2D eigenvalue weighted by atomic mass is 10.0. The Labute approximate surface area is 160 Å². The van der Waals surface area contributed by atoms with Gasteiger partial charge in [-0.05, 0) is 48.2 Å². The molecule has 8 heteroatoms. The van der Waals surface area contributed by atoms with Gasteiger partial charge in [-0.1, -0.05) is 35.9 Å². The largest absolute Gasteiger partial charge is 0.463 e. The zero-order chi connectivity index (χ0) is 19.4. The van der Waals surface area contributed by atoms with Crippen LogP contribution in [-0.2, 0) is 11.2 Å². The average molecular weight is 398 g/mol. The number of benzene rings is 2. The van der Waals surface area contributed by atoms with Gasteiger partial charge in [0.1, 0.15) is 12.6 Å². The van der Waals surface area contributed by atoms with Gasteiger partial charge < -0.3 is 15.8 Å². The van der Waals surface area contributed by atoms with E-state index >= 15 is 0 Å². The molecule has 0 saturated heterocycles. The van der Waals surface area contributed by atoms with Crippen LogP contribution in [0.25, 0.3) is 0 Å². The lowest BCUT2D eigenvalue weighted by Gasteiger charge is -2.23. The number of ether oxygens (including phenoxy) is 1. The fraction of sp³-hybridized carbons (Fsp3) is 0.316. The van der Waals surface area contributed by atoms with E-state index in [-0.39, 0.29) is 17.6 Å². The summed E-state index contributed by atoms with van der Waals surface area (Å²) in [5.41, 5.74) is 6.98. The number of anilines is 1. The monoisotopic (exact) mass is 397 g/mol. The van der Waals surface area contributed by atoms with Gasteiger partial charge in [0.05, 0.1) is 6.04 Å². The van der Waals surface area contributed by atoms with Crippen molar-refractivity contribution in [2.45, 2.75) is 31.1 Å². The quantitative estimate of drug-likeness (QED) is 0.742. The third-order valence-electron chi connectivity index (χ3n) is 4.30. The van der Waals surface area contributed by atoms with Gasteiger partial charge in [-0.15, -0.1) is 0 Å². The van der Waals surface area contributed by atoms with Crippen molar-refractivity contribution >= 4 is 23.3 Å². The highest BCUT2D eigenvalue weighted by Crippen LogP contribution is 2.36. The molecule has 1 heterocycles. The minimum Gasteiger partial charge on any atom is -0.463 e. The summed E-state index contributed by atoms with van der Waals surface area (Å²) < 4.78 is 45.5. The average Bonchev–Trinajstić information content (AvgIpc) is 3.04. The molecule has 0 bridgehead atoms. The Morgan fingerprint density at radius 3 is 2.37 bits per heavy atom. The summed E-state index contributed by atoms with van der Waals surface area (Å²) in [5.74, 6) is 0. The van der Waals surface area contributed by atoms with Crippen molar-refractivity contribution in [3.05, 3.63) is 64.7 Å². The molecule has 144 valence electrons. The topological polar surface area (TPSA) is 59.6 Å². The molecule has 2 aromatic carbocycles. The molecule has 3 N–H and O–H groups in total. The Balaban J connectivity index is 1.65. The predicted molar refractivity (Wildman–Crippen MR) is 100.0 cm³/mol. The Kier molecular flexibility index (Phi) is 5.79. The number of nitrogens with one attached hydrogen (secondary N) is 1. The highest BCUT2D eigenvalue weighted by Gasteiger charge is 2.40. The number of nitrogens with zero attached hydrogens (tertiary/aromatic N) is 1. The van der Waals surface area contributed by atoms with E-state index in [9.17, 15) is 13.2 Å². The number of aliphatic imine (C=N–C) groups is 1. The van der Waals surface area contributed by atoms with Gasteiger partial charge in [0.15, 0.2) is 0 Å². The smallest absolute Gasteiger partial charge is 0.412 e. The maximum absolute atomic E-state index is 13.5. The molecule has 2 atom stereocenters. The van der Waals surface area contributed by atoms with E-state index in [0.29, 0.717) is 17.3 Å². The molecular weight excluding hydrogens is 379 g/mol. The van der Waals surface area contributed by atoms with E-state index in [0.717, 1.165) is 18.4 Å². The van der Waals surface area contributed by atoms with Crippen molar-refractivity contribution in [1.29, 1.82) is 0 Å². The predicted octanol–water partition coefficient (Wildman–Crippen LogP) is 4.70. The lowest BCUT2D eigenvalue weighted by Crippen LogP contribution is -2.27. The molecular formula is C19H19ClF3N3O. The van der Waals surface area contributed by atoms with Crippen molar-refractivity contribution in [3.63, 3.8) is 0 Å². The van der Waals surface area contributed by atoms with Crippen LogP contribution in [0.4, 0.5) is 18.9 Å². The summed E-state index contributed by atoms with van der Waals surface area (Å²) in [7, 11) is 0. The van der Waals surface area contributed by atoms with E-state index in [1.807, 2.05) is 0 Å². The number of halogens is 4. The Morgan fingerprint density at radius 1 is 1.15 bits per heavy atom. The summed E-state index contributed by atoms with van der Waals surface area (Å²) in [6.45, 7) is 0.472. The van der Waals surface area contributed by atoms with Crippen LogP contribution >= 0.6 is 11.6 Å². The fourth-order valence-electron chi connectivity index (χ4n) is 2.86. The molecule has 1 unspecified atom stereocenters. The van der Waals surface area contributed by atoms with Crippen molar-refractivity contribution in [2.24, 2.45) is 10.7 Å². The normalized spacial score (nSPS) is 17.9. The SMILES string of the molecule is NC1=NC(CCc2ccc(N[C@H](c3ccc(Cl)cc3)C(F)(F)F)cc2)CO1. The van der Waals surface area contributed by atoms with Gasteiger partial charge in [0.25, 0.3) is 6.02 Å². The Bertz CT molecular complexity index is 791. The van der Waals surface area contributed by atoms with Crippen molar-refractivity contribution in [2.75, 3.05) is 11.9 Å². The van der Waals surface area contributed by atoms with Crippen molar-refractivity contribution in [1.82, 2.24) is 0 Å². The van der Waals surface area contributed by atoms with Crippen LogP contribution in [-0.4, -0.2) is 24.8 Å². The second-order valence-electron chi connectivity index (χ2n) is 6.34. The summed E-state index contributed by atoms with van der Waals surface area (Å²) in [5, 5.41) is 2.95. The number of alkyl halides is 3. The van der Waals surface area contributed by atoms with Gasteiger partial charge >= 0.3 is 6.18 Å². The second kappa shape index (κ2) is 8.08. The zero-order valence-corrected chi connectivity index (χ0v) is 15.1. The lowest BCUT2D eigenvalue weighted by molar-refractivity contribution is -0.144. The third kappa shape index (κ3) is 5.29. The van der Waals surface area contributed by atoms with Crippen LogP contribution in [0.2, 0.25) is 5.02 Å². The summed E-state index contributed by atoms with van der Waals surface area (Å²) in [4.78, 5) is 4.15. The van der Waals surface area contributed by atoms with Crippen LogP contribution in [0.3, 0.4) is 0 Å². The number of rotatable bonds is 6. The molecule has 27 heavy (non-hydrogen) atoms. The van der Waals surface area contributed by atoms with Crippen LogP contribution in [0, 0.1) is 0 Å². The first-order valence-corrected chi connectivity index (χ1v) is 8.83. The summed E-state index contributed by atoms with van der Waals surface area (Å²) in [6, 6.07) is 11.0. The minimum atomic E-state index is -4.44. The van der Waals surface area contributed by atoms with Crippen molar-refractivity contribution < 1.29 is 17.9 Å². The molecule has 0 saturated carbocycles. The molecule has 1 aliphatic heterocycles. The Morgan fingerprint density at radius 2 is 1.81 bits per heavy atom. The van der Waals surface area contributed by atoms with Crippen LogP contribution < -0.4 is 11.1 Å².